The number of nitrogens with one attached hydrogen (secondary N) is 1. The number of hydrogen-bond donors (Lipinski definition) is 1. The Morgan fingerprint density at radius 2 is 1.91 bits per heavy atom. The molecule has 1 heterocycles. The zero-order valence-corrected chi connectivity index (χ0v) is 20.4. The number of benzene rings is 2. The molecular formula is C23H27ClN4O4S. The fourth-order valence-corrected chi connectivity index (χ4v) is 5.42. The van der Waals surface area contributed by atoms with Crippen molar-refractivity contribution in [3.8, 4) is 6.07 Å². The highest BCUT2D eigenvalue weighted by Gasteiger charge is 2.40. The van der Waals surface area contributed by atoms with Crippen molar-refractivity contribution >= 4 is 44.2 Å². The average molecular weight is 491 g/mol. The Bertz CT molecular complexity index is 1210. The Morgan fingerprint density at radius 3 is 2.58 bits per heavy atom. The van der Waals surface area contributed by atoms with Crippen LogP contribution in [0.1, 0.15) is 33.6 Å². The molecule has 2 amide bonds. The van der Waals surface area contributed by atoms with Crippen molar-refractivity contribution in [2.75, 3.05) is 13.1 Å². The maximum Gasteiger partial charge on any atom is 0.245 e. The lowest BCUT2D eigenvalue weighted by molar-refractivity contribution is -0.144. The highest BCUT2D eigenvalue weighted by Crippen LogP contribution is 2.24. The number of halogens is 1. The topological polar surface area (TPSA) is 111 Å². The molecular weight excluding hydrogens is 464 g/mol. The van der Waals surface area contributed by atoms with E-state index >= 15 is 0 Å². The molecule has 1 fully saturated rings. The van der Waals surface area contributed by atoms with Gasteiger partial charge in [-0.1, -0.05) is 23.7 Å². The highest BCUT2D eigenvalue weighted by atomic mass is 35.5. The second-order valence-electron chi connectivity index (χ2n) is 8.36. The normalized spacial score (nSPS) is 17.4. The van der Waals surface area contributed by atoms with E-state index in [1.807, 2.05) is 19.9 Å². The van der Waals surface area contributed by atoms with Crippen molar-refractivity contribution in [2.24, 2.45) is 0 Å². The van der Waals surface area contributed by atoms with E-state index in [1.54, 1.807) is 36.1 Å². The first kappa shape index (κ1) is 25.0. The third kappa shape index (κ3) is 5.46. The standard InChI is InChI=1S/C23H27ClN4O4S/c1-15(2)27(11-4-10-25)22(29)16(3)28-12-9-21(23(28)30)26-33(31,32)20-8-6-17-13-19(24)7-5-18(17)14-20/h5-8,13-16,21,26H,4,9,11-12H2,1-3H3. The predicted octanol–water partition coefficient (Wildman–Crippen LogP) is 2.91. The number of sulfonamides is 1. The molecule has 1 aliphatic rings. The summed E-state index contributed by atoms with van der Waals surface area (Å²) in [5.74, 6) is -0.693. The molecule has 0 aromatic heterocycles. The summed E-state index contributed by atoms with van der Waals surface area (Å²) in [5, 5.41) is 10.9. The third-order valence-corrected chi connectivity index (χ3v) is 7.52. The summed E-state index contributed by atoms with van der Waals surface area (Å²) in [4.78, 5) is 29.0. The molecule has 0 bridgehead atoms. The molecule has 176 valence electrons. The highest BCUT2D eigenvalue weighted by molar-refractivity contribution is 7.89. The van der Waals surface area contributed by atoms with E-state index in [9.17, 15) is 18.0 Å². The van der Waals surface area contributed by atoms with Gasteiger partial charge in [0.05, 0.1) is 17.4 Å². The number of carbonyl (C=O) groups is 2. The smallest absolute Gasteiger partial charge is 0.245 e. The first-order valence-corrected chi connectivity index (χ1v) is 12.6. The van der Waals surface area contributed by atoms with Crippen LogP contribution < -0.4 is 4.72 Å². The second-order valence-corrected chi connectivity index (χ2v) is 10.5. The van der Waals surface area contributed by atoms with Gasteiger partial charge in [0.25, 0.3) is 0 Å². The lowest BCUT2D eigenvalue weighted by atomic mass is 10.1. The number of nitrogens with zero attached hydrogens (tertiary/aromatic N) is 3. The lowest BCUT2D eigenvalue weighted by Gasteiger charge is -2.32. The molecule has 0 saturated carbocycles. The molecule has 2 aromatic carbocycles. The van der Waals surface area contributed by atoms with Crippen LogP contribution >= 0.6 is 11.6 Å². The number of hydrogen-bond acceptors (Lipinski definition) is 5. The largest absolute Gasteiger partial charge is 0.337 e. The number of likely N-dealkylation sites (tertiary alicyclic amines) is 1. The Kier molecular flexibility index (Phi) is 7.62. The number of carbonyl (C=O) groups excluding carboxylic acids is 2. The third-order valence-electron chi connectivity index (χ3n) is 5.82. The van der Waals surface area contributed by atoms with Crippen LogP contribution in [0.25, 0.3) is 10.8 Å². The van der Waals surface area contributed by atoms with Gasteiger partial charge in [-0.3, -0.25) is 9.59 Å². The molecule has 2 aromatic rings. The first-order chi connectivity index (χ1) is 15.5. The monoisotopic (exact) mass is 490 g/mol. The Hall–Kier alpha value is -2.67. The van der Waals surface area contributed by atoms with E-state index in [2.05, 4.69) is 4.72 Å². The van der Waals surface area contributed by atoms with Crippen LogP contribution in [-0.2, 0) is 19.6 Å². The Labute approximate surface area is 199 Å². The van der Waals surface area contributed by atoms with Crippen molar-refractivity contribution in [3.05, 3.63) is 41.4 Å². The van der Waals surface area contributed by atoms with Crippen LogP contribution in [0.15, 0.2) is 41.3 Å². The van der Waals surface area contributed by atoms with Gasteiger partial charge in [-0.05, 0) is 62.2 Å². The predicted molar refractivity (Wildman–Crippen MR) is 126 cm³/mol. The fraction of sp³-hybridized carbons (Fsp3) is 0.435. The zero-order chi connectivity index (χ0) is 24.3. The van der Waals surface area contributed by atoms with E-state index in [4.69, 9.17) is 16.9 Å². The minimum Gasteiger partial charge on any atom is -0.337 e. The molecule has 2 atom stereocenters. The molecule has 1 aliphatic heterocycles. The van der Waals surface area contributed by atoms with Crippen molar-refractivity contribution in [2.45, 2.75) is 56.6 Å². The summed E-state index contributed by atoms with van der Waals surface area (Å²) in [6, 6.07) is 10.0. The summed E-state index contributed by atoms with van der Waals surface area (Å²) < 4.78 is 28.4. The number of rotatable bonds is 8. The van der Waals surface area contributed by atoms with Gasteiger partial charge in [-0.2, -0.15) is 9.98 Å². The molecule has 33 heavy (non-hydrogen) atoms. The summed E-state index contributed by atoms with van der Waals surface area (Å²) >= 11 is 5.99. The van der Waals surface area contributed by atoms with E-state index in [0.717, 1.165) is 5.39 Å². The van der Waals surface area contributed by atoms with Crippen LogP contribution in [-0.4, -0.2) is 61.2 Å². The Morgan fingerprint density at radius 1 is 1.24 bits per heavy atom. The van der Waals surface area contributed by atoms with Crippen molar-refractivity contribution in [3.63, 3.8) is 0 Å². The van der Waals surface area contributed by atoms with E-state index in [-0.39, 0.29) is 42.8 Å². The van der Waals surface area contributed by atoms with E-state index in [1.165, 1.54) is 17.0 Å². The summed E-state index contributed by atoms with van der Waals surface area (Å²) in [6.45, 7) is 5.87. The van der Waals surface area contributed by atoms with Gasteiger partial charge in [0.15, 0.2) is 0 Å². The van der Waals surface area contributed by atoms with E-state index in [0.29, 0.717) is 10.4 Å². The molecule has 2 unspecified atom stereocenters. The SMILES string of the molecule is CC(C)N(CCC#N)C(=O)C(C)N1CCC(NS(=O)(=O)c2ccc3cc(Cl)ccc3c2)C1=O. The number of amides is 2. The molecule has 1 saturated heterocycles. The second kappa shape index (κ2) is 10.1. The van der Waals surface area contributed by atoms with Gasteiger partial charge in [0.2, 0.25) is 21.8 Å². The molecule has 0 aliphatic carbocycles. The molecule has 1 N–H and O–H groups in total. The Balaban J connectivity index is 1.73. The average Bonchev–Trinajstić information content (AvgIpc) is 3.12. The first-order valence-electron chi connectivity index (χ1n) is 10.7. The van der Waals surface area contributed by atoms with Gasteiger partial charge in [0, 0.05) is 24.2 Å². The molecule has 0 spiro atoms. The van der Waals surface area contributed by atoms with Gasteiger partial charge >= 0.3 is 0 Å². The van der Waals surface area contributed by atoms with Gasteiger partial charge < -0.3 is 9.80 Å². The van der Waals surface area contributed by atoms with Gasteiger partial charge in [-0.15, -0.1) is 0 Å². The zero-order valence-electron chi connectivity index (χ0n) is 18.8. The van der Waals surface area contributed by atoms with Gasteiger partial charge in [-0.25, -0.2) is 8.42 Å². The quantitative estimate of drug-likeness (QED) is 0.611. The maximum absolute atomic E-state index is 13.0. The van der Waals surface area contributed by atoms with Crippen LogP contribution in [0.4, 0.5) is 0 Å². The van der Waals surface area contributed by atoms with Crippen LogP contribution in [0, 0.1) is 11.3 Å². The molecule has 8 nitrogen and oxygen atoms in total. The van der Waals surface area contributed by atoms with Gasteiger partial charge in [0.1, 0.15) is 12.1 Å². The molecule has 3 rings (SSSR count). The maximum atomic E-state index is 13.0. The van der Waals surface area contributed by atoms with Crippen LogP contribution in [0.2, 0.25) is 5.02 Å². The van der Waals surface area contributed by atoms with E-state index < -0.39 is 28.0 Å². The molecule has 0 radical (unpaired) electrons. The van der Waals surface area contributed by atoms with Crippen molar-refractivity contribution in [1.29, 1.82) is 5.26 Å². The van der Waals surface area contributed by atoms with Crippen LogP contribution in [0.5, 0.6) is 0 Å². The summed E-state index contributed by atoms with van der Waals surface area (Å²) in [6.07, 6.45) is 0.462. The fourth-order valence-electron chi connectivity index (χ4n) is 3.98. The summed E-state index contributed by atoms with van der Waals surface area (Å²) in [5.41, 5.74) is 0. The van der Waals surface area contributed by atoms with Crippen molar-refractivity contribution in [1.82, 2.24) is 14.5 Å². The lowest BCUT2D eigenvalue weighted by Crippen LogP contribution is -2.52. The van der Waals surface area contributed by atoms with Crippen molar-refractivity contribution < 1.29 is 18.0 Å². The minimum absolute atomic E-state index is 0.0511. The molecule has 10 heteroatoms. The number of fused-ring (bicyclic) bond motifs is 1. The summed E-state index contributed by atoms with van der Waals surface area (Å²) in [7, 11) is -3.95. The minimum atomic E-state index is -3.95. The number of nitriles is 1. The van der Waals surface area contributed by atoms with Crippen LogP contribution in [0.3, 0.4) is 0 Å².